The average Bonchev–Trinajstić information content (AvgIpc) is 2.96. The van der Waals surface area contributed by atoms with Gasteiger partial charge in [0.1, 0.15) is 5.82 Å². The predicted molar refractivity (Wildman–Crippen MR) is 84.1 cm³/mol. The summed E-state index contributed by atoms with van der Waals surface area (Å²) in [6, 6.07) is 6.71. The maximum Gasteiger partial charge on any atom is 0.124 e. The van der Waals surface area contributed by atoms with Crippen molar-refractivity contribution in [3.05, 3.63) is 35.1 Å². The first-order valence-corrected chi connectivity index (χ1v) is 8.24. The van der Waals surface area contributed by atoms with Gasteiger partial charge in [0.15, 0.2) is 0 Å². The Morgan fingerprint density at radius 1 is 1.52 bits per heavy atom. The molecule has 3 rings (SSSR count). The van der Waals surface area contributed by atoms with Crippen LogP contribution in [0.25, 0.3) is 0 Å². The molecule has 1 aromatic rings. The SMILES string of the molecule is C[C@]1(O)CCOC[C@H]1[C@@H]1CCCN1Cc1ccc(F)cc1C#N. The third-order valence-corrected chi connectivity index (χ3v) is 5.29. The lowest BCUT2D eigenvalue weighted by Gasteiger charge is -2.43. The highest BCUT2D eigenvalue weighted by molar-refractivity contribution is 5.38. The fraction of sp³-hybridized carbons (Fsp3) is 0.611. The van der Waals surface area contributed by atoms with E-state index in [4.69, 9.17) is 4.74 Å². The number of nitriles is 1. The van der Waals surface area contributed by atoms with Crippen LogP contribution in [0.1, 0.15) is 37.3 Å². The fourth-order valence-corrected chi connectivity index (χ4v) is 3.89. The maximum absolute atomic E-state index is 13.3. The number of ether oxygens (including phenoxy) is 1. The first-order valence-electron chi connectivity index (χ1n) is 8.24. The lowest BCUT2D eigenvalue weighted by Crippen LogP contribution is -2.52. The summed E-state index contributed by atoms with van der Waals surface area (Å²) in [6.45, 7) is 4.62. The van der Waals surface area contributed by atoms with Crippen LogP contribution in [0.3, 0.4) is 0 Å². The molecule has 2 saturated heterocycles. The molecule has 5 heteroatoms. The van der Waals surface area contributed by atoms with Crippen LogP contribution in [0, 0.1) is 23.1 Å². The van der Waals surface area contributed by atoms with E-state index in [2.05, 4.69) is 11.0 Å². The molecular weight excluding hydrogens is 295 g/mol. The van der Waals surface area contributed by atoms with E-state index < -0.39 is 5.60 Å². The molecule has 0 unspecified atom stereocenters. The minimum absolute atomic E-state index is 0.0738. The van der Waals surface area contributed by atoms with E-state index in [1.807, 2.05) is 6.92 Å². The van der Waals surface area contributed by atoms with Crippen molar-refractivity contribution in [3.8, 4) is 6.07 Å². The van der Waals surface area contributed by atoms with E-state index in [0.29, 0.717) is 31.7 Å². The number of likely N-dealkylation sites (tertiary alicyclic amines) is 1. The van der Waals surface area contributed by atoms with Crippen LogP contribution < -0.4 is 0 Å². The Morgan fingerprint density at radius 3 is 3.09 bits per heavy atom. The highest BCUT2D eigenvalue weighted by Crippen LogP contribution is 2.36. The molecule has 0 saturated carbocycles. The zero-order valence-electron chi connectivity index (χ0n) is 13.5. The molecule has 1 aromatic carbocycles. The Hall–Kier alpha value is -1.48. The van der Waals surface area contributed by atoms with Gasteiger partial charge in [-0.2, -0.15) is 5.26 Å². The summed E-state index contributed by atoms with van der Waals surface area (Å²) in [5.41, 5.74) is 0.520. The number of hydrogen-bond acceptors (Lipinski definition) is 4. The summed E-state index contributed by atoms with van der Waals surface area (Å²) in [5.74, 6) is -0.309. The van der Waals surface area contributed by atoms with Gasteiger partial charge in [0.05, 0.1) is 23.8 Å². The van der Waals surface area contributed by atoms with E-state index in [9.17, 15) is 14.8 Å². The molecule has 23 heavy (non-hydrogen) atoms. The minimum Gasteiger partial charge on any atom is -0.390 e. The zero-order chi connectivity index (χ0) is 16.4. The van der Waals surface area contributed by atoms with Crippen molar-refractivity contribution in [1.29, 1.82) is 5.26 Å². The van der Waals surface area contributed by atoms with Gasteiger partial charge in [-0.1, -0.05) is 6.07 Å². The lowest BCUT2D eigenvalue weighted by molar-refractivity contribution is -0.123. The quantitative estimate of drug-likeness (QED) is 0.930. The van der Waals surface area contributed by atoms with E-state index in [1.54, 1.807) is 6.07 Å². The van der Waals surface area contributed by atoms with Crippen molar-refractivity contribution in [2.75, 3.05) is 19.8 Å². The number of rotatable bonds is 3. The van der Waals surface area contributed by atoms with Crippen molar-refractivity contribution in [2.24, 2.45) is 5.92 Å². The summed E-state index contributed by atoms with van der Waals surface area (Å²) in [4.78, 5) is 2.31. The standard InChI is InChI=1S/C18H23FN2O2/c1-18(22)6-8-23-12-16(18)17-3-2-7-21(17)11-13-4-5-15(19)9-14(13)10-20/h4-5,9,16-17,22H,2-3,6-8,11-12H2,1H3/t16-,17-,18-/m0/s1. The van der Waals surface area contributed by atoms with E-state index in [0.717, 1.165) is 24.9 Å². The first kappa shape index (κ1) is 16.4. The predicted octanol–water partition coefficient (Wildman–Crippen LogP) is 2.45. The van der Waals surface area contributed by atoms with Crippen LogP contribution in [0.2, 0.25) is 0 Å². The van der Waals surface area contributed by atoms with E-state index >= 15 is 0 Å². The van der Waals surface area contributed by atoms with E-state index in [-0.39, 0.29) is 17.8 Å². The van der Waals surface area contributed by atoms with Crippen LogP contribution in [0.4, 0.5) is 4.39 Å². The molecule has 0 aliphatic carbocycles. The van der Waals surface area contributed by atoms with Crippen LogP contribution in [-0.4, -0.2) is 41.4 Å². The molecule has 3 atom stereocenters. The van der Waals surface area contributed by atoms with Crippen LogP contribution >= 0.6 is 0 Å². The Labute approximate surface area is 136 Å². The average molecular weight is 318 g/mol. The Balaban J connectivity index is 1.79. The second-order valence-corrected chi connectivity index (χ2v) is 6.88. The van der Waals surface area contributed by atoms with Crippen LogP contribution in [-0.2, 0) is 11.3 Å². The molecule has 2 aliphatic heterocycles. The van der Waals surface area contributed by atoms with Crippen molar-refractivity contribution < 1.29 is 14.2 Å². The highest BCUT2D eigenvalue weighted by atomic mass is 19.1. The van der Waals surface area contributed by atoms with Crippen molar-refractivity contribution in [2.45, 2.75) is 44.4 Å². The minimum atomic E-state index is -0.716. The zero-order valence-corrected chi connectivity index (χ0v) is 13.5. The second-order valence-electron chi connectivity index (χ2n) is 6.88. The molecule has 0 bridgehead atoms. The Bertz CT molecular complexity index is 612. The van der Waals surface area contributed by atoms with Gasteiger partial charge >= 0.3 is 0 Å². The summed E-state index contributed by atoms with van der Waals surface area (Å²) >= 11 is 0. The van der Waals surface area contributed by atoms with Gasteiger partial charge in [0, 0.05) is 25.1 Å². The van der Waals surface area contributed by atoms with Crippen molar-refractivity contribution in [1.82, 2.24) is 4.90 Å². The fourth-order valence-electron chi connectivity index (χ4n) is 3.89. The molecule has 0 amide bonds. The molecule has 2 fully saturated rings. The van der Waals surface area contributed by atoms with Crippen molar-refractivity contribution >= 4 is 0 Å². The highest BCUT2D eigenvalue weighted by Gasteiger charge is 2.44. The lowest BCUT2D eigenvalue weighted by atomic mass is 9.79. The van der Waals surface area contributed by atoms with Crippen molar-refractivity contribution in [3.63, 3.8) is 0 Å². The van der Waals surface area contributed by atoms with Gasteiger partial charge < -0.3 is 9.84 Å². The largest absolute Gasteiger partial charge is 0.390 e. The number of benzene rings is 1. The summed E-state index contributed by atoms with van der Waals surface area (Å²) < 4.78 is 18.9. The topological polar surface area (TPSA) is 56.5 Å². The molecule has 1 N–H and O–H groups in total. The summed E-state index contributed by atoms with van der Waals surface area (Å²) in [5, 5.41) is 19.9. The molecule has 2 aliphatic rings. The second kappa shape index (κ2) is 6.56. The number of halogens is 1. The van der Waals surface area contributed by atoms with Gasteiger partial charge in [-0.25, -0.2) is 4.39 Å². The smallest absolute Gasteiger partial charge is 0.124 e. The first-order chi connectivity index (χ1) is 11.0. The van der Waals surface area contributed by atoms with Gasteiger partial charge in [-0.3, -0.25) is 4.90 Å². The molecule has 0 radical (unpaired) electrons. The van der Waals surface area contributed by atoms with E-state index in [1.165, 1.54) is 12.1 Å². The molecule has 124 valence electrons. The maximum atomic E-state index is 13.3. The number of nitrogens with zero attached hydrogens (tertiary/aromatic N) is 2. The molecule has 0 aromatic heterocycles. The van der Waals surface area contributed by atoms with Gasteiger partial charge in [0.25, 0.3) is 0 Å². The van der Waals surface area contributed by atoms with Gasteiger partial charge in [-0.15, -0.1) is 0 Å². The Morgan fingerprint density at radius 2 is 2.35 bits per heavy atom. The summed E-state index contributed by atoms with van der Waals surface area (Å²) in [6.07, 6.45) is 2.75. The molecule has 4 nitrogen and oxygen atoms in total. The number of aliphatic hydroxyl groups is 1. The molecular formula is C18H23FN2O2. The number of hydrogen-bond donors (Lipinski definition) is 1. The van der Waals surface area contributed by atoms with Crippen LogP contribution in [0.15, 0.2) is 18.2 Å². The third kappa shape index (κ3) is 3.40. The summed E-state index contributed by atoms with van der Waals surface area (Å²) in [7, 11) is 0. The normalized spacial score (nSPS) is 31.9. The molecule has 0 spiro atoms. The van der Waals surface area contributed by atoms with Gasteiger partial charge in [-0.05, 0) is 50.4 Å². The molecule has 2 heterocycles. The third-order valence-electron chi connectivity index (χ3n) is 5.29. The Kier molecular flexibility index (Phi) is 4.67. The monoisotopic (exact) mass is 318 g/mol. The van der Waals surface area contributed by atoms with Gasteiger partial charge in [0.2, 0.25) is 0 Å². The van der Waals surface area contributed by atoms with Crippen LogP contribution in [0.5, 0.6) is 0 Å².